The van der Waals surface area contributed by atoms with E-state index in [0.717, 1.165) is 53.9 Å². The molecule has 3 aliphatic heterocycles. The zero-order valence-corrected chi connectivity index (χ0v) is 24.0. The number of Topliss-reactive ketones (excluding diaryl/α,β-unsaturated/α-hetero) is 1. The van der Waals surface area contributed by atoms with E-state index < -0.39 is 11.0 Å². The molecule has 0 bridgehead atoms. The fourth-order valence-electron chi connectivity index (χ4n) is 8.55. The van der Waals surface area contributed by atoms with E-state index in [0.29, 0.717) is 19.6 Å². The molecule has 1 aliphatic carbocycles. The molecule has 1 amide bonds. The first kappa shape index (κ1) is 26.4. The number of hydrogen-bond donors (Lipinski definition) is 0. The standard InChI is InChI=1S/C36H39N3O2/c1-37-25-31(28-16-7-3-8-17-28)35(21-13-18-29(33(35)40)24-27-14-5-2-6-15-27)36(37)30-19-9-10-20-32(30)39(34(36)41)26-38-22-11-4-12-23-38/h2-3,5-10,14-17,19-20,24,31H,4,11-13,18,21-23,25-26H2,1H3/b29-24+/t31-,35+,36+/m0/s1. The van der Waals surface area contributed by atoms with Gasteiger partial charge in [-0.05, 0) is 81.1 Å². The molecule has 3 fully saturated rings. The van der Waals surface area contributed by atoms with Gasteiger partial charge in [0.05, 0.1) is 17.8 Å². The summed E-state index contributed by atoms with van der Waals surface area (Å²) in [4.78, 5) is 37.1. The van der Waals surface area contributed by atoms with Crippen molar-refractivity contribution >= 4 is 23.5 Å². The first-order valence-corrected chi connectivity index (χ1v) is 15.3. The van der Waals surface area contributed by atoms with E-state index in [1.54, 1.807) is 0 Å². The first-order chi connectivity index (χ1) is 20.1. The van der Waals surface area contributed by atoms with Crippen molar-refractivity contribution in [3.05, 3.63) is 107 Å². The number of nitrogens with zero attached hydrogens (tertiary/aromatic N) is 3. The van der Waals surface area contributed by atoms with E-state index in [4.69, 9.17) is 0 Å². The average Bonchev–Trinajstić information content (AvgIpc) is 3.42. The molecular formula is C36H39N3O2. The van der Waals surface area contributed by atoms with Crippen LogP contribution in [0.15, 0.2) is 90.5 Å². The first-order valence-electron chi connectivity index (χ1n) is 15.3. The van der Waals surface area contributed by atoms with Gasteiger partial charge in [0.1, 0.15) is 5.54 Å². The normalized spacial score (nSPS) is 29.6. The van der Waals surface area contributed by atoms with E-state index in [9.17, 15) is 0 Å². The third-order valence-corrected chi connectivity index (χ3v) is 10.3. The molecule has 210 valence electrons. The number of rotatable bonds is 4. The second-order valence-corrected chi connectivity index (χ2v) is 12.4. The van der Waals surface area contributed by atoms with Crippen LogP contribution in [-0.4, -0.2) is 54.8 Å². The van der Waals surface area contributed by atoms with Gasteiger partial charge < -0.3 is 0 Å². The lowest BCUT2D eigenvalue weighted by Crippen LogP contribution is -2.62. The maximum atomic E-state index is 15.2. The van der Waals surface area contributed by atoms with Crippen LogP contribution in [0.4, 0.5) is 5.69 Å². The van der Waals surface area contributed by atoms with Crippen molar-refractivity contribution < 1.29 is 9.59 Å². The molecule has 0 radical (unpaired) electrons. The molecule has 1 saturated carbocycles. The predicted molar refractivity (Wildman–Crippen MR) is 163 cm³/mol. The van der Waals surface area contributed by atoms with Gasteiger partial charge in [-0.2, -0.15) is 0 Å². The second-order valence-electron chi connectivity index (χ2n) is 12.4. The van der Waals surface area contributed by atoms with Gasteiger partial charge in [0.2, 0.25) is 0 Å². The van der Waals surface area contributed by atoms with E-state index in [-0.39, 0.29) is 17.6 Å². The summed E-state index contributed by atoms with van der Waals surface area (Å²) in [5, 5.41) is 0. The molecule has 3 aromatic rings. The number of benzene rings is 3. The molecular weight excluding hydrogens is 506 g/mol. The molecule has 0 aromatic heterocycles. The molecule has 5 heteroatoms. The number of fused-ring (bicyclic) bond motifs is 3. The van der Waals surface area contributed by atoms with Crippen LogP contribution in [0.5, 0.6) is 0 Å². The van der Waals surface area contributed by atoms with Crippen LogP contribution in [0.25, 0.3) is 6.08 Å². The van der Waals surface area contributed by atoms with Crippen LogP contribution in [-0.2, 0) is 15.1 Å². The van der Waals surface area contributed by atoms with Crippen molar-refractivity contribution in [1.29, 1.82) is 0 Å². The number of amides is 1. The third-order valence-electron chi connectivity index (χ3n) is 10.3. The quantitative estimate of drug-likeness (QED) is 0.365. The van der Waals surface area contributed by atoms with Crippen molar-refractivity contribution in [2.24, 2.45) is 5.41 Å². The van der Waals surface area contributed by atoms with Gasteiger partial charge in [-0.25, -0.2) is 0 Å². The summed E-state index contributed by atoms with van der Waals surface area (Å²) in [6.45, 7) is 3.26. The summed E-state index contributed by atoms with van der Waals surface area (Å²) < 4.78 is 0. The molecule has 5 nitrogen and oxygen atoms in total. The number of ketones is 1. The molecule has 3 aromatic carbocycles. The minimum Gasteiger partial charge on any atom is -0.297 e. The highest BCUT2D eigenvalue weighted by Gasteiger charge is 2.75. The molecule has 0 unspecified atom stereocenters. The van der Waals surface area contributed by atoms with E-state index in [1.807, 2.05) is 41.3 Å². The van der Waals surface area contributed by atoms with Gasteiger partial charge in [0.25, 0.3) is 5.91 Å². The maximum absolute atomic E-state index is 15.2. The molecule has 2 spiro atoms. The number of likely N-dealkylation sites (tertiary alicyclic amines) is 2. The number of piperidine rings is 1. The highest BCUT2D eigenvalue weighted by Crippen LogP contribution is 2.67. The maximum Gasteiger partial charge on any atom is 0.254 e. The van der Waals surface area contributed by atoms with E-state index in [1.165, 1.54) is 19.3 Å². The van der Waals surface area contributed by atoms with E-state index >= 15 is 9.59 Å². The average molecular weight is 546 g/mol. The fourth-order valence-corrected chi connectivity index (χ4v) is 8.55. The van der Waals surface area contributed by atoms with Crippen molar-refractivity contribution in [2.45, 2.75) is 50.0 Å². The number of likely N-dealkylation sites (N-methyl/N-ethyl adjacent to an activating group) is 1. The SMILES string of the molecule is CN1C[C@@H](c2ccccc2)[C@@]2(CCC/C(=C\c3ccccc3)C2=O)[C@@]12C(=O)N(CN1CCCCC1)c1ccccc12. The van der Waals surface area contributed by atoms with Crippen LogP contribution in [0, 0.1) is 5.41 Å². The molecule has 3 atom stereocenters. The lowest BCUT2D eigenvalue weighted by atomic mass is 9.53. The summed E-state index contributed by atoms with van der Waals surface area (Å²) in [7, 11) is 2.08. The van der Waals surface area contributed by atoms with Gasteiger partial charge in [-0.1, -0.05) is 85.3 Å². The summed E-state index contributed by atoms with van der Waals surface area (Å²) >= 11 is 0. The topological polar surface area (TPSA) is 43.9 Å². The van der Waals surface area contributed by atoms with Crippen molar-refractivity contribution in [3.63, 3.8) is 0 Å². The zero-order valence-electron chi connectivity index (χ0n) is 24.0. The Hall–Kier alpha value is -3.54. The Kier molecular flexibility index (Phi) is 6.67. The Bertz CT molecular complexity index is 1480. The summed E-state index contributed by atoms with van der Waals surface area (Å²) in [5.41, 5.74) is 3.05. The number of hydrogen-bond acceptors (Lipinski definition) is 4. The van der Waals surface area contributed by atoms with Gasteiger partial charge in [0, 0.05) is 18.0 Å². The van der Waals surface area contributed by atoms with Crippen molar-refractivity contribution in [1.82, 2.24) is 9.80 Å². The molecule has 0 N–H and O–H groups in total. The molecule has 3 heterocycles. The highest BCUT2D eigenvalue weighted by atomic mass is 16.2. The predicted octanol–water partition coefficient (Wildman–Crippen LogP) is 6.22. The van der Waals surface area contributed by atoms with Crippen molar-refractivity contribution in [2.75, 3.05) is 38.3 Å². The molecule has 4 aliphatic rings. The van der Waals surface area contributed by atoms with Crippen LogP contribution in [0.2, 0.25) is 0 Å². The van der Waals surface area contributed by atoms with Crippen LogP contribution in [0.1, 0.15) is 61.1 Å². The Labute approximate surface area is 243 Å². The largest absolute Gasteiger partial charge is 0.297 e. The van der Waals surface area contributed by atoms with Gasteiger partial charge in [-0.3, -0.25) is 24.3 Å². The number of para-hydroxylation sites is 1. The van der Waals surface area contributed by atoms with Crippen molar-refractivity contribution in [3.8, 4) is 0 Å². The minimum absolute atomic E-state index is 0.0690. The summed E-state index contributed by atoms with van der Waals surface area (Å²) in [6.07, 6.45) is 7.98. The van der Waals surface area contributed by atoms with Crippen LogP contribution >= 0.6 is 0 Å². The van der Waals surface area contributed by atoms with Gasteiger partial charge >= 0.3 is 0 Å². The van der Waals surface area contributed by atoms with E-state index in [2.05, 4.69) is 71.5 Å². The summed E-state index contributed by atoms with van der Waals surface area (Å²) in [6, 6.07) is 28.9. The summed E-state index contributed by atoms with van der Waals surface area (Å²) in [5.74, 6) is 0.126. The zero-order chi connectivity index (χ0) is 28.0. The number of allylic oxidation sites excluding steroid dienone is 1. The number of carbonyl (C=O) groups excluding carboxylic acids is 2. The Morgan fingerprint density at radius 2 is 1.51 bits per heavy atom. The highest BCUT2D eigenvalue weighted by molar-refractivity contribution is 6.16. The Morgan fingerprint density at radius 3 is 2.27 bits per heavy atom. The number of anilines is 1. The minimum atomic E-state index is -1.05. The molecule has 7 rings (SSSR count). The molecule has 2 saturated heterocycles. The Balaban J connectivity index is 1.43. The second kappa shape index (κ2) is 10.4. The Morgan fingerprint density at radius 1 is 0.829 bits per heavy atom. The van der Waals surface area contributed by atoms with Gasteiger partial charge in [0.15, 0.2) is 5.78 Å². The lowest BCUT2D eigenvalue weighted by Gasteiger charge is -2.49. The third kappa shape index (κ3) is 3.89. The van der Waals surface area contributed by atoms with Crippen LogP contribution < -0.4 is 4.90 Å². The smallest absolute Gasteiger partial charge is 0.254 e. The fraction of sp³-hybridized carbons (Fsp3) is 0.389. The van der Waals surface area contributed by atoms with Gasteiger partial charge in [-0.15, -0.1) is 0 Å². The number of carbonyl (C=O) groups is 2. The monoisotopic (exact) mass is 545 g/mol. The van der Waals surface area contributed by atoms with Crippen LogP contribution in [0.3, 0.4) is 0 Å². The molecule has 41 heavy (non-hydrogen) atoms. The lowest BCUT2D eigenvalue weighted by molar-refractivity contribution is -0.146.